The molecule has 0 spiro atoms. The van der Waals surface area contributed by atoms with Gasteiger partial charge in [0.25, 0.3) is 5.91 Å². The van der Waals surface area contributed by atoms with Crippen LogP contribution in [0.4, 0.5) is 0 Å². The van der Waals surface area contributed by atoms with Gasteiger partial charge in [-0.3, -0.25) is 4.79 Å². The van der Waals surface area contributed by atoms with Gasteiger partial charge in [0.05, 0.1) is 18.6 Å². The van der Waals surface area contributed by atoms with Gasteiger partial charge in [0.1, 0.15) is 35.5 Å². The number of ether oxygens (including phenoxy) is 1. The van der Waals surface area contributed by atoms with Crippen molar-refractivity contribution in [1.82, 2.24) is 9.55 Å². The fourth-order valence-corrected chi connectivity index (χ4v) is 4.19. The Morgan fingerprint density at radius 3 is 2.72 bits per heavy atom. The lowest BCUT2D eigenvalue weighted by Crippen LogP contribution is -2.43. The van der Waals surface area contributed by atoms with E-state index in [1.807, 2.05) is 6.26 Å². The average molecular weight is 374 g/mol. The Balaban J connectivity index is 1.94. The first-order chi connectivity index (χ1) is 11.7. The molecular formula is C14H22N4O6S. The standard InChI is InChI=1S/C14H22N4O6S/c1-25(3-2-7(15)14(22)23)5-9-10(19)11(20)13(24-9)18-4-8(12(16)21)17-6-18/h4,6-7,9-11,13,19-20H,2-3,5,15H2,1H3,(H2-,16,21,22,23)/t7-,9+,10+,11+,13+,25?/m0/s1. The van der Waals surface area contributed by atoms with Crippen molar-refractivity contribution in [2.75, 3.05) is 17.8 Å². The zero-order chi connectivity index (χ0) is 18.7. The van der Waals surface area contributed by atoms with Crippen LogP contribution in [0.3, 0.4) is 0 Å². The van der Waals surface area contributed by atoms with Crippen LogP contribution in [0, 0.1) is 0 Å². The maximum absolute atomic E-state index is 11.1. The Morgan fingerprint density at radius 1 is 1.48 bits per heavy atom. The van der Waals surface area contributed by atoms with E-state index in [1.165, 1.54) is 17.1 Å². The van der Waals surface area contributed by atoms with Gasteiger partial charge in [0, 0.05) is 18.7 Å². The molecule has 6 N–H and O–H groups in total. The second-order valence-electron chi connectivity index (χ2n) is 5.98. The van der Waals surface area contributed by atoms with E-state index in [-0.39, 0.29) is 23.0 Å². The van der Waals surface area contributed by atoms with E-state index in [2.05, 4.69) is 4.98 Å². The normalized spacial score (nSPS) is 28.6. The van der Waals surface area contributed by atoms with Crippen molar-refractivity contribution < 1.29 is 29.6 Å². The van der Waals surface area contributed by atoms with Gasteiger partial charge in [-0.1, -0.05) is 0 Å². The SMILES string of the molecule is C[S+](CC[C@H](N)C(=O)[O-])C[C@H]1O[C@@H](n2cnc(C(N)=O)c2)[C@H](O)[C@@H]1O. The summed E-state index contributed by atoms with van der Waals surface area (Å²) in [5.74, 6) is -1.02. The zero-order valence-corrected chi connectivity index (χ0v) is 14.5. The Hall–Kier alpha value is -1.66. The van der Waals surface area contributed by atoms with Crippen molar-refractivity contribution in [3.05, 3.63) is 18.2 Å². The lowest BCUT2D eigenvalue weighted by atomic mass is 10.1. The fourth-order valence-electron chi connectivity index (χ4n) is 2.53. The number of nitrogens with two attached hydrogens (primary N) is 2. The maximum atomic E-state index is 11.1. The fraction of sp³-hybridized carbons (Fsp3) is 0.643. The highest BCUT2D eigenvalue weighted by molar-refractivity contribution is 7.96. The molecule has 0 bridgehead atoms. The first-order valence-corrected chi connectivity index (χ1v) is 9.58. The summed E-state index contributed by atoms with van der Waals surface area (Å²) in [4.78, 5) is 25.5. The molecule has 11 heteroatoms. The molecule has 0 saturated carbocycles. The molecule has 0 aliphatic carbocycles. The first-order valence-electron chi connectivity index (χ1n) is 7.61. The number of nitrogens with zero attached hydrogens (tertiary/aromatic N) is 2. The third-order valence-electron chi connectivity index (χ3n) is 4.01. The Labute approximate surface area is 147 Å². The van der Waals surface area contributed by atoms with Gasteiger partial charge >= 0.3 is 0 Å². The molecule has 1 aliphatic rings. The van der Waals surface area contributed by atoms with E-state index in [0.29, 0.717) is 11.5 Å². The summed E-state index contributed by atoms with van der Waals surface area (Å²) >= 11 is 0. The first kappa shape index (κ1) is 19.7. The minimum atomic E-state index is -1.30. The molecule has 1 aliphatic heterocycles. The topological polar surface area (TPSA) is 177 Å². The van der Waals surface area contributed by atoms with Crippen molar-refractivity contribution in [2.45, 2.75) is 37.0 Å². The summed E-state index contributed by atoms with van der Waals surface area (Å²) in [5.41, 5.74) is 10.6. The van der Waals surface area contributed by atoms with E-state index < -0.39 is 42.5 Å². The van der Waals surface area contributed by atoms with Crippen molar-refractivity contribution in [1.29, 1.82) is 0 Å². The van der Waals surface area contributed by atoms with Crippen LogP contribution in [0.5, 0.6) is 0 Å². The van der Waals surface area contributed by atoms with Gasteiger partial charge in [-0.2, -0.15) is 0 Å². The minimum Gasteiger partial charge on any atom is -0.548 e. The van der Waals surface area contributed by atoms with Gasteiger partial charge < -0.3 is 40.9 Å². The van der Waals surface area contributed by atoms with Gasteiger partial charge in [-0.25, -0.2) is 4.98 Å². The summed E-state index contributed by atoms with van der Waals surface area (Å²) < 4.78 is 7.09. The number of hydrogen-bond acceptors (Lipinski definition) is 8. The molecule has 1 fully saturated rings. The van der Waals surface area contributed by atoms with Crippen LogP contribution in [0.2, 0.25) is 0 Å². The summed E-state index contributed by atoms with van der Waals surface area (Å²) in [6, 6.07) is -1.03. The Bertz CT molecular complexity index is 626. The number of primary amides is 1. The zero-order valence-electron chi connectivity index (χ0n) is 13.6. The lowest BCUT2D eigenvalue weighted by Gasteiger charge is -2.16. The van der Waals surface area contributed by atoms with Crippen molar-refractivity contribution >= 4 is 22.8 Å². The van der Waals surface area contributed by atoms with Crippen molar-refractivity contribution in [2.24, 2.45) is 11.5 Å². The molecule has 140 valence electrons. The molecule has 1 saturated heterocycles. The van der Waals surface area contributed by atoms with Crippen LogP contribution in [0.15, 0.2) is 12.5 Å². The highest BCUT2D eigenvalue weighted by Crippen LogP contribution is 2.30. The second-order valence-corrected chi connectivity index (χ2v) is 8.29. The van der Waals surface area contributed by atoms with Crippen LogP contribution in [-0.2, 0) is 20.4 Å². The van der Waals surface area contributed by atoms with Crippen molar-refractivity contribution in [3.63, 3.8) is 0 Å². The lowest BCUT2D eigenvalue weighted by molar-refractivity contribution is -0.307. The molecule has 6 atom stereocenters. The average Bonchev–Trinajstić information content (AvgIpc) is 3.13. The number of aliphatic carboxylic acids is 1. The van der Waals surface area contributed by atoms with Crippen LogP contribution in [0.1, 0.15) is 23.1 Å². The van der Waals surface area contributed by atoms with Crippen LogP contribution in [0.25, 0.3) is 0 Å². The molecule has 2 rings (SSSR count). The van der Waals surface area contributed by atoms with E-state index in [9.17, 15) is 24.9 Å². The van der Waals surface area contributed by atoms with E-state index in [4.69, 9.17) is 16.2 Å². The number of carboxylic acids is 1. The number of hydrogen-bond donors (Lipinski definition) is 4. The number of amides is 1. The molecule has 2 heterocycles. The predicted octanol–water partition coefficient (Wildman–Crippen LogP) is -3.68. The summed E-state index contributed by atoms with van der Waals surface area (Å²) in [6.07, 6.45) is 0.982. The highest BCUT2D eigenvalue weighted by Gasteiger charge is 2.46. The van der Waals surface area contributed by atoms with Gasteiger partial charge in [0.15, 0.2) is 6.23 Å². The van der Waals surface area contributed by atoms with E-state index in [1.54, 1.807) is 0 Å². The van der Waals surface area contributed by atoms with Crippen LogP contribution in [-0.4, -0.2) is 73.8 Å². The smallest absolute Gasteiger partial charge is 0.268 e. The number of carbonyl (C=O) groups excluding carboxylic acids is 2. The molecule has 1 aromatic rings. The minimum absolute atomic E-state index is 0.0280. The number of imidazole rings is 1. The van der Waals surface area contributed by atoms with Gasteiger partial charge in [-0.15, -0.1) is 0 Å². The number of aliphatic hydroxyl groups excluding tert-OH is 2. The number of aliphatic hydroxyl groups is 2. The third-order valence-corrected chi connectivity index (χ3v) is 5.84. The van der Waals surface area contributed by atoms with Gasteiger partial charge in [0.2, 0.25) is 0 Å². The molecule has 10 nitrogen and oxygen atoms in total. The number of rotatable bonds is 8. The summed E-state index contributed by atoms with van der Waals surface area (Å²) in [6.45, 7) is 0. The third kappa shape index (κ3) is 4.70. The number of carboxylic acid groups (broad SMARTS) is 1. The molecule has 1 unspecified atom stereocenters. The molecule has 1 aromatic heterocycles. The summed E-state index contributed by atoms with van der Waals surface area (Å²) in [7, 11) is -0.272. The molecule has 1 amide bonds. The Kier molecular flexibility index (Phi) is 6.41. The maximum Gasteiger partial charge on any atom is 0.268 e. The highest BCUT2D eigenvalue weighted by atomic mass is 32.2. The Morgan fingerprint density at radius 2 is 2.16 bits per heavy atom. The molecule has 0 aromatic carbocycles. The monoisotopic (exact) mass is 374 g/mol. The largest absolute Gasteiger partial charge is 0.548 e. The van der Waals surface area contributed by atoms with E-state index in [0.717, 1.165) is 0 Å². The second kappa shape index (κ2) is 8.15. The van der Waals surface area contributed by atoms with Gasteiger partial charge in [-0.05, 0) is 10.9 Å². The number of carbonyl (C=O) groups is 2. The summed E-state index contributed by atoms with van der Waals surface area (Å²) in [5, 5.41) is 31.0. The van der Waals surface area contributed by atoms with Crippen LogP contribution < -0.4 is 16.6 Å². The molecule has 0 radical (unpaired) electrons. The quantitative estimate of drug-likeness (QED) is 0.336. The van der Waals surface area contributed by atoms with Crippen LogP contribution >= 0.6 is 0 Å². The molecule has 25 heavy (non-hydrogen) atoms. The predicted molar refractivity (Wildman–Crippen MR) is 87.3 cm³/mol. The number of aromatic nitrogens is 2. The van der Waals surface area contributed by atoms with Crippen molar-refractivity contribution in [3.8, 4) is 0 Å². The van der Waals surface area contributed by atoms with E-state index >= 15 is 0 Å². The molecular weight excluding hydrogens is 352 g/mol.